The molecule has 1 atom stereocenters. The molecule has 1 saturated heterocycles. The van der Waals surface area contributed by atoms with Crippen LogP contribution in [0.5, 0.6) is 0 Å². The van der Waals surface area contributed by atoms with Crippen molar-refractivity contribution < 1.29 is 18.4 Å². The molecule has 0 aliphatic carbocycles. The molecule has 8 heteroatoms. The van der Waals surface area contributed by atoms with E-state index < -0.39 is 11.6 Å². The van der Waals surface area contributed by atoms with E-state index in [0.29, 0.717) is 24.9 Å². The van der Waals surface area contributed by atoms with Crippen LogP contribution in [0.15, 0.2) is 42.5 Å². The van der Waals surface area contributed by atoms with Gasteiger partial charge in [0.1, 0.15) is 0 Å². The molecule has 0 bridgehead atoms. The zero-order valence-electron chi connectivity index (χ0n) is 17.7. The van der Waals surface area contributed by atoms with Crippen LogP contribution in [-0.4, -0.2) is 40.0 Å². The summed E-state index contributed by atoms with van der Waals surface area (Å²) in [6.07, 6.45) is 3.19. The van der Waals surface area contributed by atoms with E-state index in [-0.39, 0.29) is 30.7 Å². The highest BCUT2D eigenvalue weighted by molar-refractivity contribution is 5.87. The van der Waals surface area contributed by atoms with Gasteiger partial charge in [-0.25, -0.2) is 8.78 Å². The van der Waals surface area contributed by atoms with Crippen molar-refractivity contribution in [2.75, 3.05) is 13.1 Å². The number of piperidine rings is 1. The molecule has 2 heterocycles. The van der Waals surface area contributed by atoms with Crippen molar-refractivity contribution in [1.82, 2.24) is 20.4 Å². The zero-order chi connectivity index (χ0) is 22.5. The molecule has 3 aromatic rings. The van der Waals surface area contributed by atoms with Gasteiger partial charge in [-0.2, -0.15) is 5.10 Å². The average Bonchev–Trinajstić information content (AvgIpc) is 3.21. The summed E-state index contributed by atoms with van der Waals surface area (Å²) < 4.78 is 26.3. The second kappa shape index (κ2) is 9.89. The lowest BCUT2D eigenvalue weighted by Gasteiger charge is -2.32. The van der Waals surface area contributed by atoms with Crippen molar-refractivity contribution in [1.29, 1.82) is 0 Å². The number of nitrogens with zero attached hydrogens (tertiary/aromatic N) is 2. The van der Waals surface area contributed by atoms with Gasteiger partial charge in [0, 0.05) is 31.4 Å². The number of aromatic amines is 1. The first-order valence-electron chi connectivity index (χ1n) is 10.9. The Morgan fingerprint density at radius 2 is 2.00 bits per heavy atom. The Morgan fingerprint density at radius 1 is 1.16 bits per heavy atom. The van der Waals surface area contributed by atoms with Crippen LogP contribution in [0, 0.1) is 17.6 Å². The number of carbonyl (C=O) groups excluding carboxylic acids is 2. The van der Waals surface area contributed by atoms with Crippen LogP contribution in [0.2, 0.25) is 0 Å². The first kappa shape index (κ1) is 21.9. The number of nitrogens with one attached hydrogen (secondary N) is 2. The van der Waals surface area contributed by atoms with Crippen molar-refractivity contribution in [3.05, 3.63) is 65.4 Å². The monoisotopic (exact) mass is 440 g/mol. The third-order valence-corrected chi connectivity index (χ3v) is 5.99. The minimum Gasteiger partial charge on any atom is -0.352 e. The van der Waals surface area contributed by atoms with E-state index in [2.05, 4.69) is 15.5 Å². The van der Waals surface area contributed by atoms with Gasteiger partial charge >= 0.3 is 0 Å². The van der Waals surface area contributed by atoms with E-state index in [1.165, 1.54) is 6.07 Å². The summed E-state index contributed by atoms with van der Waals surface area (Å²) in [4.78, 5) is 26.9. The molecule has 1 aliphatic heterocycles. The minimum absolute atomic E-state index is 0.0619. The molecule has 1 unspecified atom stereocenters. The van der Waals surface area contributed by atoms with Gasteiger partial charge in [0.15, 0.2) is 11.6 Å². The fourth-order valence-electron chi connectivity index (χ4n) is 4.21. The van der Waals surface area contributed by atoms with Gasteiger partial charge in [-0.05, 0) is 48.9 Å². The Hall–Kier alpha value is -3.29. The summed E-state index contributed by atoms with van der Waals surface area (Å²) in [5, 5.41) is 10.9. The van der Waals surface area contributed by atoms with E-state index >= 15 is 0 Å². The SMILES string of the molecule is O=C(CCC1CCCN(C(=O)Cc2[nH]nc3ccccc23)C1)NCc1ccc(F)c(F)c1. The number of carbonyl (C=O) groups is 2. The van der Waals surface area contributed by atoms with Gasteiger partial charge in [-0.3, -0.25) is 14.7 Å². The Balaban J connectivity index is 1.24. The third-order valence-electron chi connectivity index (χ3n) is 5.99. The molecule has 168 valence electrons. The van der Waals surface area contributed by atoms with Crippen molar-refractivity contribution in [2.24, 2.45) is 5.92 Å². The van der Waals surface area contributed by atoms with E-state index in [4.69, 9.17) is 0 Å². The Bertz CT molecular complexity index is 1110. The van der Waals surface area contributed by atoms with Crippen LogP contribution in [0.25, 0.3) is 10.9 Å². The van der Waals surface area contributed by atoms with Crippen molar-refractivity contribution >= 4 is 22.7 Å². The van der Waals surface area contributed by atoms with E-state index in [0.717, 1.165) is 48.1 Å². The summed E-state index contributed by atoms with van der Waals surface area (Å²) >= 11 is 0. The Kier molecular flexibility index (Phi) is 6.78. The normalized spacial score (nSPS) is 16.3. The molecular formula is C24H26F2N4O2. The Morgan fingerprint density at radius 3 is 2.84 bits per heavy atom. The van der Waals surface area contributed by atoms with Crippen LogP contribution in [0.1, 0.15) is 36.9 Å². The first-order valence-corrected chi connectivity index (χ1v) is 10.9. The van der Waals surface area contributed by atoms with Gasteiger partial charge in [0.2, 0.25) is 11.8 Å². The van der Waals surface area contributed by atoms with Crippen molar-refractivity contribution in [3.8, 4) is 0 Å². The molecule has 2 amide bonds. The topological polar surface area (TPSA) is 78.1 Å². The quantitative estimate of drug-likeness (QED) is 0.588. The predicted molar refractivity (Wildman–Crippen MR) is 117 cm³/mol. The Labute approximate surface area is 185 Å². The number of amides is 2. The number of H-pyrrole nitrogens is 1. The number of aromatic nitrogens is 2. The van der Waals surface area contributed by atoms with Gasteiger partial charge in [0.05, 0.1) is 17.6 Å². The van der Waals surface area contributed by atoms with E-state index in [1.807, 2.05) is 29.2 Å². The number of para-hydroxylation sites is 1. The van der Waals surface area contributed by atoms with Gasteiger partial charge in [0.25, 0.3) is 0 Å². The number of hydrogen-bond acceptors (Lipinski definition) is 3. The van der Waals surface area contributed by atoms with Crippen molar-refractivity contribution in [3.63, 3.8) is 0 Å². The highest BCUT2D eigenvalue weighted by Gasteiger charge is 2.25. The number of hydrogen-bond donors (Lipinski definition) is 2. The van der Waals surface area contributed by atoms with Crippen LogP contribution < -0.4 is 5.32 Å². The van der Waals surface area contributed by atoms with Gasteiger partial charge in [-0.1, -0.05) is 24.3 Å². The lowest BCUT2D eigenvalue weighted by atomic mass is 9.93. The van der Waals surface area contributed by atoms with Crippen LogP contribution >= 0.6 is 0 Å². The van der Waals surface area contributed by atoms with E-state index in [1.54, 1.807) is 0 Å². The molecule has 1 aliphatic rings. The summed E-state index contributed by atoms with van der Waals surface area (Å²) in [6, 6.07) is 11.3. The molecule has 0 radical (unpaired) electrons. The third kappa shape index (κ3) is 5.30. The molecule has 2 N–H and O–H groups in total. The van der Waals surface area contributed by atoms with Crippen LogP contribution in [-0.2, 0) is 22.6 Å². The maximum Gasteiger partial charge on any atom is 0.228 e. The van der Waals surface area contributed by atoms with Gasteiger partial charge in [-0.15, -0.1) is 0 Å². The second-order valence-electron chi connectivity index (χ2n) is 8.31. The summed E-state index contributed by atoms with van der Waals surface area (Å²) in [5.74, 6) is -1.64. The summed E-state index contributed by atoms with van der Waals surface area (Å²) in [7, 11) is 0. The van der Waals surface area contributed by atoms with Crippen LogP contribution in [0.3, 0.4) is 0 Å². The lowest BCUT2D eigenvalue weighted by molar-refractivity contribution is -0.132. The smallest absolute Gasteiger partial charge is 0.228 e. The van der Waals surface area contributed by atoms with E-state index in [9.17, 15) is 18.4 Å². The zero-order valence-corrected chi connectivity index (χ0v) is 17.7. The molecule has 0 saturated carbocycles. The molecule has 0 spiro atoms. The molecule has 1 aromatic heterocycles. The number of fused-ring (bicyclic) bond motifs is 1. The number of rotatable bonds is 7. The summed E-state index contributed by atoms with van der Waals surface area (Å²) in [5.41, 5.74) is 2.18. The summed E-state index contributed by atoms with van der Waals surface area (Å²) in [6.45, 7) is 1.52. The largest absolute Gasteiger partial charge is 0.352 e. The molecule has 2 aromatic carbocycles. The average molecular weight is 440 g/mol. The van der Waals surface area contributed by atoms with Crippen LogP contribution in [0.4, 0.5) is 8.78 Å². The van der Waals surface area contributed by atoms with Crippen molar-refractivity contribution in [2.45, 2.75) is 38.6 Å². The maximum absolute atomic E-state index is 13.3. The maximum atomic E-state index is 13.3. The lowest BCUT2D eigenvalue weighted by Crippen LogP contribution is -2.41. The number of halogens is 2. The molecule has 32 heavy (non-hydrogen) atoms. The minimum atomic E-state index is -0.924. The second-order valence-corrected chi connectivity index (χ2v) is 8.31. The molecule has 4 rings (SSSR count). The molecular weight excluding hydrogens is 414 g/mol. The number of benzene rings is 2. The predicted octanol–water partition coefficient (Wildman–Crippen LogP) is 3.72. The fourth-order valence-corrected chi connectivity index (χ4v) is 4.21. The highest BCUT2D eigenvalue weighted by Crippen LogP contribution is 2.23. The first-order chi connectivity index (χ1) is 15.5. The standard InChI is InChI=1S/C24H26F2N4O2/c25-19-9-7-17(12-20(19)26)14-27-23(31)10-8-16-4-3-11-30(15-16)24(32)13-22-18-5-1-2-6-21(18)28-29-22/h1-2,5-7,9,12,16H,3-4,8,10-11,13-15H2,(H,27,31)(H,28,29). The fraction of sp³-hybridized carbons (Fsp3) is 0.375. The molecule has 6 nitrogen and oxygen atoms in total. The highest BCUT2D eigenvalue weighted by atomic mass is 19.2. The molecule has 1 fully saturated rings. The van der Waals surface area contributed by atoms with Gasteiger partial charge < -0.3 is 10.2 Å². The number of likely N-dealkylation sites (tertiary alicyclic amines) is 1.